The zero-order valence-corrected chi connectivity index (χ0v) is 13.1. The van der Waals surface area contributed by atoms with Gasteiger partial charge in [-0.15, -0.1) is 0 Å². The van der Waals surface area contributed by atoms with Gasteiger partial charge in [0.25, 0.3) is 0 Å². The quantitative estimate of drug-likeness (QED) is 0.784. The molecule has 21 heavy (non-hydrogen) atoms. The van der Waals surface area contributed by atoms with Crippen LogP contribution in [0.5, 0.6) is 0 Å². The Morgan fingerprint density at radius 2 is 1.86 bits per heavy atom. The minimum absolute atomic E-state index is 0.124. The molecule has 2 rings (SSSR count). The number of benzene rings is 1. The van der Waals surface area contributed by atoms with Crippen LogP contribution in [0.2, 0.25) is 0 Å². The van der Waals surface area contributed by atoms with Crippen LogP contribution in [0.1, 0.15) is 54.9 Å². The molecular weight excluding hydrogens is 262 g/mol. The molecule has 1 N–H and O–H groups in total. The molecule has 0 spiro atoms. The molecule has 1 aliphatic carbocycles. The van der Waals surface area contributed by atoms with Gasteiger partial charge in [0, 0.05) is 18.2 Å². The van der Waals surface area contributed by atoms with Gasteiger partial charge in [-0.3, -0.25) is 9.69 Å². The number of aliphatic hydroxyl groups excluding tert-OH is 1. The average Bonchev–Trinajstić information content (AvgIpc) is 2.55. The minimum Gasteiger partial charge on any atom is -0.395 e. The summed E-state index contributed by atoms with van der Waals surface area (Å²) in [6.45, 7) is 3.27. The fourth-order valence-electron chi connectivity index (χ4n) is 3.17. The van der Waals surface area contributed by atoms with Crippen LogP contribution in [0.25, 0.3) is 0 Å². The molecule has 1 saturated carbocycles. The fraction of sp³-hybridized carbons (Fsp3) is 0.611. The van der Waals surface area contributed by atoms with Crippen molar-refractivity contribution in [3.8, 4) is 0 Å². The highest BCUT2D eigenvalue weighted by Crippen LogP contribution is 2.22. The summed E-state index contributed by atoms with van der Waals surface area (Å²) in [6.07, 6.45) is 7.09. The maximum absolute atomic E-state index is 12.4. The number of hydrogen-bond acceptors (Lipinski definition) is 3. The molecule has 1 aromatic rings. The molecule has 3 heteroatoms. The van der Waals surface area contributed by atoms with Crippen molar-refractivity contribution in [1.29, 1.82) is 0 Å². The van der Waals surface area contributed by atoms with E-state index in [1.54, 1.807) is 0 Å². The maximum atomic E-state index is 12.4. The van der Waals surface area contributed by atoms with Crippen molar-refractivity contribution in [3.05, 3.63) is 35.4 Å². The van der Waals surface area contributed by atoms with Gasteiger partial charge in [0.05, 0.1) is 13.2 Å². The maximum Gasteiger partial charge on any atom is 0.176 e. The molecule has 1 aliphatic rings. The number of hydrogen-bond donors (Lipinski definition) is 1. The highest BCUT2D eigenvalue weighted by Gasteiger charge is 2.23. The van der Waals surface area contributed by atoms with Crippen molar-refractivity contribution in [3.63, 3.8) is 0 Å². The van der Waals surface area contributed by atoms with Gasteiger partial charge >= 0.3 is 0 Å². The van der Waals surface area contributed by atoms with Crippen molar-refractivity contribution in [1.82, 2.24) is 4.90 Å². The van der Waals surface area contributed by atoms with Gasteiger partial charge < -0.3 is 5.11 Å². The Kier molecular flexibility index (Phi) is 6.40. The molecule has 0 unspecified atom stereocenters. The molecule has 1 fully saturated rings. The number of rotatable bonds is 7. The standard InChI is InChI=1S/C18H27NO2/c1-2-15-8-10-16(11-9-15)18(21)14-19(12-13-20)17-6-4-3-5-7-17/h8-11,17,20H,2-7,12-14H2,1H3. The molecule has 1 aromatic carbocycles. The fourth-order valence-corrected chi connectivity index (χ4v) is 3.17. The average molecular weight is 289 g/mol. The third-order valence-corrected chi connectivity index (χ3v) is 4.51. The Bertz CT molecular complexity index is 435. The number of carbonyl (C=O) groups is 1. The summed E-state index contributed by atoms with van der Waals surface area (Å²) >= 11 is 0. The second-order valence-corrected chi connectivity index (χ2v) is 5.96. The van der Waals surface area contributed by atoms with E-state index in [1.807, 2.05) is 24.3 Å². The lowest BCUT2D eigenvalue weighted by Gasteiger charge is -2.33. The third-order valence-electron chi connectivity index (χ3n) is 4.51. The largest absolute Gasteiger partial charge is 0.395 e. The number of aliphatic hydroxyl groups is 1. The van der Waals surface area contributed by atoms with Crippen LogP contribution in [0.15, 0.2) is 24.3 Å². The molecule has 3 nitrogen and oxygen atoms in total. The van der Waals surface area contributed by atoms with E-state index < -0.39 is 0 Å². The zero-order valence-electron chi connectivity index (χ0n) is 13.1. The van der Waals surface area contributed by atoms with Crippen LogP contribution in [0, 0.1) is 0 Å². The zero-order chi connectivity index (χ0) is 15.1. The lowest BCUT2D eigenvalue weighted by atomic mass is 9.93. The Labute approximate surface area is 128 Å². The molecule has 0 saturated heterocycles. The Balaban J connectivity index is 1.99. The van der Waals surface area contributed by atoms with Gasteiger partial charge in [0.2, 0.25) is 0 Å². The van der Waals surface area contributed by atoms with Crippen molar-refractivity contribution in [2.24, 2.45) is 0 Å². The number of nitrogens with zero attached hydrogens (tertiary/aromatic N) is 1. The van der Waals surface area contributed by atoms with Crippen LogP contribution in [-0.4, -0.2) is 41.5 Å². The summed E-state index contributed by atoms with van der Waals surface area (Å²) in [5.74, 6) is 0.164. The molecule has 0 bridgehead atoms. The Morgan fingerprint density at radius 3 is 2.43 bits per heavy atom. The van der Waals surface area contributed by atoms with Gasteiger partial charge in [-0.1, -0.05) is 50.5 Å². The summed E-state index contributed by atoms with van der Waals surface area (Å²) in [4.78, 5) is 14.6. The second-order valence-electron chi connectivity index (χ2n) is 5.96. The molecule has 0 radical (unpaired) electrons. The number of aryl methyl sites for hydroxylation is 1. The molecule has 0 amide bonds. The molecule has 0 heterocycles. The predicted molar refractivity (Wildman–Crippen MR) is 85.7 cm³/mol. The van der Waals surface area contributed by atoms with E-state index in [0.717, 1.165) is 24.8 Å². The first kappa shape index (κ1) is 16.2. The number of ketones is 1. The minimum atomic E-state index is 0.124. The topological polar surface area (TPSA) is 40.5 Å². The van der Waals surface area contributed by atoms with Crippen molar-refractivity contribution in [2.45, 2.75) is 51.5 Å². The van der Waals surface area contributed by atoms with Crippen molar-refractivity contribution >= 4 is 5.78 Å². The van der Waals surface area contributed by atoms with Crippen LogP contribution in [0.3, 0.4) is 0 Å². The van der Waals surface area contributed by atoms with Crippen LogP contribution in [0.4, 0.5) is 0 Å². The molecule has 116 valence electrons. The number of carbonyl (C=O) groups excluding carboxylic acids is 1. The van der Waals surface area contributed by atoms with Gasteiger partial charge in [0.15, 0.2) is 5.78 Å². The summed E-state index contributed by atoms with van der Waals surface area (Å²) in [5, 5.41) is 9.27. The molecular formula is C18H27NO2. The molecule has 0 aromatic heterocycles. The van der Waals surface area contributed by atoms with E-state index in [0.29, 0.717) is 19.1 Å². The normalized spacial score (nSPS) is 16.3. The summed E-state index contributed by atoms with van der Waals surface area (Å²) in [7, 11) is 0. The SMILES string of the molecule is CCc1ccc(C(=O)CN(CCO)C2CCCCC2)cc1. The van der Waals surface area contributed by atoms with E-state index in [4.69, 9.17) is 0 Å². The van der Waals surface area contributed by atoms with Crippen molar-refractivity contribution < 1.29 is 9.90 Å². The van der Waals surface area contributed by atoms with Gasteiger partial charge in [0.1, 0.15) is 0 Å². The molecule has 0 aliphatic heterocycles. The Hall–Kier alpha value is -1.19. The molecule has 0 atom stereocenters. The second kappa shape index (κ2) is 8.30. The Morgan fingerprint density at radius 1 is 1.19 bits per heavy atom. The van der Waals surface area contributed by atoms with E-state index >= 15 is 0 Å². The van der Waals surface area contributed by atoms with Gasteiger partial charge in [-0.2, -0.15) is 0 Å². The third kappa shape index (κ3) is 4.65. The van der Waals surface area contributed by atoms with Crippen LogP contribution in [-0.2, 0) is 6.42 Å². The first-order valence-electron chi connectivity index (χ1n) is 8.21. The highest BCUT2D eigenvalue weighted by molar-refractivity contribution is 5.97. The van der Waals surface area contributed by atoms with E-state index in [1.165, 1.54) is 24.8 Å². The van der Waals surface area contributed by atoms with E-state index in [9.17, 15) is 9.90 Å². The summed E-state index contributed by atoms with van der Waals surface area (Å²) in [6, 6.07) is 8.39. The van der Waals surface area contributed by atoms with E-state index in [-0.39, 0.29) is 12.4 Å². The monoisotopic (exact) mass is 289 g/mol. The summed E-state index contributed by atoms with van der Waals surface area (Å²) in [5.41, 5.74) is 2.04. The van der Waals surface area contributed by atoms with E-state index in [2.05, 4.69) is 11.8 Å². The van der Waals surface area contributed by atoms with Crippen molar-refractivity contribution in [2.75, 3.05) is 19.7 Å². The lowest BCUT2D eigenvalue weighted by molar-refractivity contribution is 0.0814. The first-order chi connectivity index (χ1) is 10.2. The van der Waals surface area contributed by atoms with Crippen LogP contribution < -0.4 is 0 Å². The highest BCUT2D eigenvalue weighted by atomic mass is 16.3. The van der Waals surface area contributed by atoms with Crippen LogP contribution >= 0.6 is 0 Å². The van der Waals surface area contributed by atoms with Gasteiger partial charge in [-0.05, 0) is 24.8 Å². The van der Waals surface area contributed by atoms with Gasteiger partial charge in [-0.25, -0.2) is 0 Å². The predicted octanol–water partition coefficient (Wildman–Crippen LogP) is 3.06. The number of Topliss-reactive ketones (excluding diaryl/α,β-unsaturated/α-hetero) is 1. The lowest BCUT2D eigenvalue weighted by Crippen LogP contribution is -2.41. The first-order valence-corrected chi connectivity index (χ1v) is 8.21. The smallest absolute Gasteiger partial charge is 0.176 e. The summed E-state index contributed by atoms with van der Waals surface area (Å²) < 4.78 is 0.